The van der Waals surface area contributed by atoms with E-state index in [0.29, 0.717) is 12.5 Å². The van der Waals surface area contributed by atoms with E-state index in [2.05, 4.69) is 33.9 Å². The highest BCUT2D eigenvalue weighted by Crippen LogP contribution is 2.25. The van der Waals surface area contributed by atoms with Gasteiger partial charge in [-0.15, -0.1) is 10.2 Å². The number of hydrogen-bond donors (Lipinski definition) is 1. The van der Waals surface area contributed by atoms with E-state index in [1.54, 1.807) is 6.33 Å². The average molecular weight is 313 g/mol. The molecule has 1 unspecified atom stereocenters. The number of carbonyl (C=O) groups is 1. The summed E-state index contributed by atoms with van der Waals surface area (Å²) in [5.74, 6) is 1.31. The molecule has 0 saturated carbocycles. The van der Waals surface area contributed by atoms with Crippen molar-refractivity contribution < 1.29 is 4.79 Å². The van der Waals surface area contributed by atoms with Gasteiger partial charge in [-0.3, -0.25) is 0 Å². The van der Waals surface area contributed by atoms with Gasteiger partial charge in [0.1, 0.15) is 12.2 Å². The molecule has 0 bridgehead atoms. The first-order valence-electron chi connectivity index (χ1n) is 8.06. The highest BCUT2D eigenvalue weighted by molar-refractivity contribution is 5.89. The standard InChI is InChI=1S/C17H23N5O/c1-12(2)16-20-18-11-22(16)15-7-8-21(10-15)17(23)19-14-6-4-5-13(3)9-14/h4-6,9,11-12,15H,7-8,10H2,1-3H3,(H,19,23). The molecule has 1 aliphatic heterocycles. The van der Waals surface area contributed by atoms with Gasteiger partial charge in [0.15, 0.2) is 0 Å². The van der Waals surface area contributed by atoms with Crippen molar-refractivity contribution in [1.29, 1.82) is 0 Å². The normalized spacial score (nSPS) is 17.7. The van der Waals surface area contributed by atoms with Crippen LogP contribution >= 0.6 is 0 Å². The van der Waals surface area contributed by atoms with E-state index in [0.717, 1.165) is 30.0 Å². The Morgan fingerprint density at radius 1 is 1.39 bits per heavy atom. The monoisotopic (exact) mass is 313 g/mol. The molecule has 2 aromatic rings. The van der Waals surface area contributed by atoms with Crippen molar-refractivity contribution in [3.63, 3.8) is 0 Å². The van der Waals surface area contributed by atoms with Crippen LogP contribution in [0.4, 0.5) is 10.5 Å². The lowest BCUT2D eigenvalue weighted by atomic mass is 10.2. The molecule has 2 amide bonds. The fourth-order valence-corrected chi connectivity index (χ4v) is 3.03. The molecule has 0 spiro atoms. The van der Waals surface area contributed by atoms with Gasteiger partial charge in [-0.1, -0.05) is 26.0 Å². The van der Waals surface area contributed by atoms with Crippen LogP contribution in [0.1, 0.15) is 43.6 Å². The summed E-state index contributed by atoms with van der Waals surface area (Å²) in [7, 11) is 0. The molecular formula is C17H23N5O. The molecule has 1 N–H and O–H groups in total. The summed E-state index contributed by atoms with van der Waals surface area (Å²) in [5, 5.41) is 11.2. The van der Waals surface area contributed by atoms with Gasteiger partial charge in [0, 0.05) is 24.7 Å². The van der Waals surface area contributed by atoms with Crippen LogP contribution in [-0.4, -0.2) is 38.8 Å². The van der Waals surface area contributed by atoms with Crippen LogP contribution in [0, 0.1) is 6.92 Å². The molecule has 1 aliphatic rings. The van der Waals surface area contributed by atoms with Gasteiger partial charge in [0.05, 0.1) is 6.04 Å². The third-order valence-corrected chi connectivity index (χ3v) is 4.23. The van der Waals surface area contributed by atoms with Gasteiger partial charge in [0.25, 0.3) is 0 Å². The molecule has 0 aliphatic carbocycles. The summed E-state index contributed by atoms with van der Waals surface area (Å²) >= 11 is 0. The lowest BCUT2D eigenvalue weighted by Gasteiger charge is -2.19. The van der Waals surface area contributed by atoms with E-state index in [1.807, 2.05) is 36.1 Å². The lowest BCUT2D eigenvalue weighted by Crippen LogP contribution is -2.33. The van der Waals surface area contributed by atoms with E-state index in [9.17, 15) is 4.79 Å². The van der Waals surface area contributed by atoms with Crippen LogP contribution in [0.2, 0.25) is 0 Å². The Hall–Kier alpha value is -2.37. The minimum atomic E-state index is -0.0442. The summed E-state index contributed by atoms with van der Waals surface area (Å²) in [6.45, 7) is 7.67. The van der Waals surface area contributed by atoms with Gasteiger partial charge in [-0.05, 0) is 31.0 Å². The molecule has 6 heteroatoms. The Labute approximate surface area is 136 Å². The number of rotatable bonds is 3. The van der Waals surface area contributed by atoms with Gasteiger partial charge in [-0.2, -0.15) is 0 Å². The first-order chi connectivity index (χ1) is 11.0. The van der Waals surface area contributed by atoms with E-state index in [1.165, 1.54) is 0 Å². The Kier molecular flexibility index (Phi) is 4.32. The fourth-order valence-electron chi connectivity index (χ4n) is 3.03. The van der Waals surface area contributed by atoms with E-state index in [-0.39, 0.29) is 12.1 Å². The number of amides is 2. The van der Waals surface area contributed by atoms with Gasteiger partial charge in [0.2, 0.25) is 0 Å². The number of likely N-dealkylation sites (tertiary alicyclic amines) is 1. The molecule has 2 heterocycles. The zero-order valence-electron chi connectivity index (χ0n) is 13.9. The molecule has 1 saturated heterocycles. The highest BCUT2D eigenvalue weighted by Gasteiger charge is 2.29. The van der Waals surface area contributed by atoms with Gasteiger partial charge < -0.3 is 14.8 Å². The second-order valence-corrected chi connectivity index (χ2v) is 6.44. The first kappa shape index (κ1) is 15.5. The number of hydrogen-bond acceptors (Lipinski definition) is 3. The second kappa shape index (κ2) is 6.40. The number of carbonyl (C=O) groups excluding carboxylic acids is 1. The first-order valence-corrected chi connectivity index (χ1v) is 8.06. The minimum Gasteiger partial charge on any atom is -0.322 e. The number of aromatic nitrogens is 3. The number of urea groups is 1. The third-order valence-electron chi connectivity index (χ3n) is 4.23. The number of nitrogens with one attached hydrogen (secondary N) is 1. The molecule has 3 rings (SSSR count). The summed E-state index contributed by atoms with van der Waals surface area (Å²) in [6, 6.07) is 8.06. The Morgan fingerprint density at radius 2 is 2.22 bits per heavy atom. The van der Waals surface area contributed by atoms with Crippen molar-refractivity contribution in [3.05, 3.63) is 42.0 Å². The quantitative estimate of drug-likeness (QED) is 0.946. The van der Waals surface area contributed by atoms with Crippen molar-refractivity contribution >= 4 is 11.7 Å². The maximum atomic E-state index is 12.4. The molecule has 1 atom stereocenters. The van der Waals surface area contributed by atoms with E-state index >= 15 is 0 Å². The number of benzene rings is 1. The third kappa shape index (κ3) is 3.36. The molecule has 1 aromatic heterocycles. The minimum absolute atomic E-state index is 0.0442. The lowest BCUT2D eigenvalue weighted by molar-refractivity contribution is 0.220. The van der Waals surface area contributed by atoms with Crippen LogP contribution in [-0.2, 0) is 0 Å². The van der Waals surface area contributed by atoms with E-state index in [4.69, 9.17) is 0 Å². The fraction of sp³-hybridized carbons (Fsp3) is 0.471. The topological polar surface area (TPSA) is 63.1 Å². The maximum absolute atomic E-state index is 12.4. The Balaban J connectivity index is 1.65. The van der Waals surface area contributed by atoms with Crippen LogP contribution < -0.4 is 5.32 Å². The Bertz CT molecular complexity index is 694. The Morgan fingerprint density at radius 3 is 2.96 bits per heavy atom. The molecule has 0 radical (unpaired) electrons. The van der Waals surface area contributed by atoms with Crippen LogP contribution in [0.15, 0.2) is 30.6 Å². The molecule has 23 heavy (non-hydrogen) atoms. The van der Waals surface area contributed by atoms with Crippen molar-refractivity contribution in [3.8, 4) is 0 Å². The second-order valence-electron chi connectivity index (χ2n) is 6.44. The molecule has 122 valence electrons. The van der Waals surface area contributed by atoms with Crippen molar-refractivity contribution in [2.24, 2.45) is 0 Å². The number of nitrogens with zero attached hydrogens (tertiary/aromatic N) is 4. The molecule has 1 aromatic carbocycles. The van der Waals surface area contributed by atoms with Crippen LogP contribution in [0.3, 0.4) is 0 Å². The van der Waals surface area contributed by atoms with Crippen LogP contribution in [0.25, 0.3) is 0 Å². The zero-order chi connectivity index (χ0) is 16.4. The van der Waals surface area contributed by atoms with Crippen molar-refractivity contribution in [2.75, 3.05) is 18.4 Å². The smallest absolute Gasteiger partial charge is 0.321 e. The average Bonchev–Trinajstić information content (AvgIpc) is 3.16. The van der Waals surface area contributed by atoms with Crippen molar-refractivity contribution in [2.45, 2.75) is 39.2 Å². The molecule has 6 nitrogen and oxygen atoms in total. The largest absolute Gasteiger partial charge is 0.322 e. The molecule has 1 fully saturated rings. The van der Waals surface area contributed by atoms with Crippen molar-refractivity contribution in [1.82, 2.24) is 19.7 Å². The molecular weight excluding hydrogens is 290 g/mol. The van der Waals surface area contributed by atoms with Gasteiger partial charge >= 0.3 is 6.03 Å². The van der Waals surface area contributed by atoms with Crippen LogP contribution in [0.5, 0.6) is 0 Å². The predicted molar refractivity (Wildman–Crippen MR) is 89.5 cm³/mol. The predicted octanol–water partition coefficient (Wildman–Crippen LogP) is 3.19. The number of anilines is 1. The van der Waals surface area contributed by atoms with E-state index < -0.39 is 0 Å². The maximum Gasteiger partial charge on any atom is 0.321 e. The number of aryl methyl sites for hydroxylation is 1. The van der Waals surface area contributed by atoms with Gasteiger partial charge in [-0.25, -0.2) is 4.79 Å². The zero-order valence-corrected chi connectivity index (χ0v) is 13.9. The summed E-state index contributed by atoms with van der Waals surface area (Å²) in [5.41, 5.74) is 1.97. The summed E-state index contributed by atoms with van der Waals surface area (Å²) in [4.78, 5) is 14.3. The SMILES string of the molecule is Cc1cccc(NC(=O)N2CCC(n3cnnc3C(C)C)C2)c1. The highest BCUT2D eigenvalue weighted by atomic mass is 16.2. The summed E-state index contributed by atoms with van der Waals surface area (Å²) < 4.78 is 2.12. The summed E-state index contributed by atoms with van der Waals surface area (Å²) in [6.07, 6.45) is 2.71.